The molecule has 1 aliphatic carbocycles. The van der Waals surface area contributed by atoms with Crippen LogP contribution >= 0.6 is 0 Å². The van der Waals surface area contributed by atoms with E-state index in [1.54, 1.807) is 18.2 Å². The van der Waals surface area contributed by atoms with Crippen LogP contribution in [0.15, 0.2) is 24.3 Å². The second kappa shape index (κ2) is 8.87. The van der Waals surface area contributed by atoms with Gasteiger partial charge in [-0.15, -0.1) is 0 Å². The molecule has 0 bridgehead atoms. The average Bonchev–Trinajstić information content (AvgIpc) is 2.51. The molecule has 128 valence electrons. The summed E-state index contributed by atoms with van der Waals surface area (Å²) in [5.74, 6) is 0.500. The molecule has 23 heavy (non-hydrogen) atoms. The number of ether oxygens (including phenoxy) is 1. The maximum atomic E-state index is 13.4. The molecule has 5 heteroatoms. The van der Waals surface area contributed by atoms with Gasteiger partial charge in [-0.05, 0) is 37.9 Å². The lowest BCUT2D eigenvalue weighted by atomic mass is 9.86. The lowest BCUT2D eigenvalue weighted by Gasteiger charge is -2.30. The molecule has 0 saturated heterocycles. The topological polar surface area (TPSA) is 41.6 Å². The number of hydrogen-bond acceptors (Lipinski definition) is 3. The number of rotatable bonds is 7. The van der Waals surface area contributed by atoms with Crippen LogP contribution in [0.25, 0.3) is 0 Å². The SMILES string of the molecule is C[C@@H]1CCCC[C@H]1NC(=O)CN(C)CCOc1ccccc1F. The number of nitrogens with zero attached hydrogens (tertiary/aromatic N) is 1. The van der Waals surface area contributed by atoms with Gasteiger partial charge in [0.1, 0.15) is 6.61 Å². The Labute approximate surface area is 138 Å². The first-order valence-electron chi connectivity index (χ1n) is 8.41. The molecule has 1 amide bonds. The summed E-state index contributed by atoms with van der Waals surface area (Å²) in [6.07, 6.45) is 4.73. The molecule has 0 heterocycles. The largest absolute Gasteiger partial charge is 0.489 e. The summed E-state index contributed by atoms with van der Waals surface area (Å²) in [7, 11) is 1.87. The van der Waals surface area contributed by atoms with E-state index in [-0.39, 0.29) is 17.5 Å². The molecule has 1 aromatic carbocycles. The summed E-state index contributed by atoms with van der Waals surface area (Å²) in [4.78, 5) is 14.0. The van der Waals surface area contributed by atoms with Crippen molar-refractivity contribution in [1.29, 1.82) is 0 Å². The Morgan fingerprint density at radius 3 is 2.83 bits per heavy atom. The molecular weight excluding hydrogens is 295 g/mol. The normalized spacial score (nSPS) is 21.2. The minimum absolute atomic E-state index is 0.0529. The average molecular weight is 322 g/mol. The number of amides is 1. The van der Waals surface area contributed by atoms with Gasteiger partial charge in [0.15, 0.2) is 11.6 Å². The molecule has 1 saturated carbocycles. The zero-order chi connectivity index (χ0) is 16.7. The maximum Gasteiger partial charge on any atom is 0.234 e. The van der Waals surface area contributed by atoms with E-state index < -0.39 is 0 Å². The molecule has 1 N–H and O–H groups in total. The Kier molecular flexibility index (Phi) is 6.84. The molecule has 0 spiro atoms. The summed E-state index contributed by atoms with van der Waals surface area (Å²) in [6.45, 7) is 3.46. The quantitative estimate of drug-likeness (QED) is 0.839. The molecule has 1 aromatic rings. The van der Waals surface area contributed by atoms with E-state index in [0.717, 1.165) is 6.42 Å². The van der Waals surface area contributed by atoms with Crippen molar-refractivity contribution in [3.63, 3.8) is 0 Å². The molecule has 0 radical (unpaired) electrons. The highest BCUT2D eigenvalue weighted by atomic mass is 19.1. The molecule has 1 aliphatic rings. The monoisotopic (exact) mass is 322 g/mol. The van der Waals surface area contributed by atoms with Crippen LogP contribution in [0, 0.1) is 11.7 Å². The van der Waals surface area contributed by atoms with Gasteiger partial charge < -0.3 is 10.1 Å². The zero-order valence-electron chi connectivity index (χ0n) is 14.1. The van der Waals surface area contributed by atoms with Crippen LogP contribution in [0.4, 0.5) is 4.39 Å². The van der Waals surface area contributed by atoms with Crippen molar-refractivity contribution in [1.82, 2.24) is 10.2 Å². The molecule has 4 nitrogen and oxygen atoms in total. The van der Waals surface area contributed by atoms with Gasteiger partial charge in [-0.3, -0.25) is 9.69 Å². The van der Waals surface area contributed by atoms with E-state index in [1.807, 2.05) is 11.9 Å². The lowest BCUT2D eigenvalue weighted by molar-refractivity contribution is -0.123. The molecule has 2 atom stereocenters. The van der Waals surface area contributed by atoms with Gasteiger partial charge >= 0.3 is 0 Å². The van der Waals surface area contributed by atoms with E-state index in [0.29, 0.717) is 31.7 Å². The molecule has 0 aromatic heterocycles. The zero-order valence-corrected chi connectivity index (χ0v) is 14.1. The van der Waals surface area contributed by atoms with Crippen LogP contribution < -0.4 is 10.1 Å². The molecule has 0 unspecified atom stereocenters. The summed E-state index contributed by atoms with van der Waals surface area (Å²) in [6, 6.07) is 6.65. The maximum absolute atomic E-state index is 13.4. The van der Waals surface area contributed by atoms with Crippen molar-refractivity contribution in [2.24, 2.45) is 5.92 Å². The van der Waals surface area contributed by atoms with Crippen molar-refractivity contribution in [3.8, 4) is 5.75 Å². The third-order valence-electron chi connectivity index (χ3n) is 4.44. The van der Waals surface area contributed by atoms with Gasteiger partial charge in [-0.25, -0.2) is 4.39 Å². The van der Waals surface area contributed by atoms with Gasteiger partial charge in [0, 0.05) is 12.6 Å². The first-order chi connectivity index (χ1) is 11.1. The fourth-order valence-electron chi connectivity index (χ4n) is 2.98. The lowest BCUT2D eigenvalue weighted by Crippen LogP contribution is -2.45. The molecular formula is C18H27FN2O2. The minimum atomic E-state index is -0.362. The van der Waals surface area contributed by atoms with E-state index in [4.69, 9.17) is 4.74 Å². The van der Waals surface area contributed by atoms with Crippen molar-refractivity contribution in [3.05, 3.63) is 30.1 Å². The molecule has 2 rings (SSSR count). The Bertz CT molecular complexity index is 510. The molecule has 0 aliphatic heterocycles. The fraction of sp³-hybridized carbons (Fsp3) is 0.611. The Morgan fingerprint density at radius 2 is 2.09 bits per heavy atom. The number of halogens is 1. The van der Waals surface area contributed by atoms with Gasteiger partial charge in [0.05, 0.1) is 6.54 Å². The first kappa shape index (κ1) is 17.7. The van der Waals surface area contributed by atoms with Gasteiger partial charge in [0.25, 0.3) is 0 Å². The Morgan fingerprint density at radius 1 is 1.35 bits per heavy atom. The first-order valence-corrected chi connectivity index (χ1v) is 8.41. The third-order valence-corrected chi connectivity index (χ3v) is 4.44. The number of carbonyl (C=O) groups excluding carboxylic acids is 1. The number of para-hydroxylation sites is 1. The number of likely N-dealkylation sites (N-methyl/N-ethyl adjacent to an activating group) is 1. The van der Waals surface area contributed by atoms with Crippen LogP contribution in [0.2, 0.25) is 0 Å². The van der Waals surface area contributed by atoms with Gasteiger partial charge in [0.2, 0.25) is 5.91 Å². The van der Waals surface area contributed by atoms with E-state index in [9.17, 15) is 9.18 Å². The summed E-state index contributed by atoms with van der Waals surface area (Å²) < 4.78 is 18.8. The summed E-state index contributed by atoms with van der Waals surface area (Å²) in [5.41, 5.74) is 0. The number of nitrogens with one attached hydrogen (secondary N) is 1. The van der Waals surface area contributed by atoms with Crippen molar-refractivity contribution < 1.29 is 13.9 Å². The van der Waals surface area contributed by atoms with Crippen molar-refractivity contribution in [2.45, 2.75) is 38.6 Å². The van der Waals surface area contributed by atoms with E-state index >= 15 is 0 Å². The highest BCUT2D eigenvalue weighted by Crippen LogP contribution is 2.23. The number of carbonyl (C=O) groups is 1. The van der Waals surface area contributed by atoms with Gasteiger partial charge in [-0.2, -0.15) is 0 Å². The smallest absolute Gasteiger partial charge is 0.234 e. The second-order valence-corrected chi connectivity index (χ2v) is 6.45. The van der Waals surface area contributed by atoms with Crippen molar-refractivity contribution in [2.75, 3.05) is 26.7 Å². The van der Waals surface area contributed by atoms with Crippen LogP contribution in [0.5, 0.6) is 5.75 Å². The predicted octanol–water partition coefficient (Wildman–Crippen LogP) is 2.83. The van der Waals surface area contributed by atoms with E-state index in [1.165, 1.54) is 25.3 Å². The van der Waals surface area contributed by atoms with Crippen LogP contribution in [0.3, 0.4) is 0 Å². The summed E-state index contributed by atoms with van der Waals surface area (Å²) >= 11 is 0. The minimum Gasteiger partial charge on any atom is -0.489 e. The van der Waals surface area contributed by atoms with E-state index in [2.05, 4.69) is 12.2 Å². The van der Waals surface area contributed by atoms with Crippen LogP contribution in [-0.4, -0.2) is 43.6 Å². The standard InChI is InChI=1S/C18H27FN2O2/c1-14-7-3-5-9-16(14)20-18(22)13-21(2)11-12-23-17-10-6-4-8-15(17)19/h4,6,8,10,14,16H,3,5,7,9,11-13H2,1-2H3,(H,20,22)/t14-,16-/m1/s1. The Hall–Kier alpha value is -1.62. The van der Waals surface area contributed by atoms with Crippen molar-refractivity contribution >= 4 is 5.91 Å². The van der Waals surface area contributed by atoms with Crippen LogP contribution in [-0.2, 0) is 4.79 Å². The van der Waals surface area contributed by atoms with Crippen LogP contribution in [0.1, 0.15) is 32.6 Å². The number of benzene rings is 1. The molecule has 1 fully saturated rings. The second-order valence-electron chi connectivity index (χ2n) is 6.45. The Balaban J connectivity index is 1.66. The fourth-order valence-corrected chi connectivity index (χ4v) is 2.98. The highest BCUT2D eigenvalue weighted by Gasteiger charge is 2.22. The predicted molar refractivity (Wildman–Crippen MR) is 89.0 cm³/mol. The van der Waals surface area contributed by atoms with Gasteiger partial charge in [-0.1, -0.05) is 31.9 Å². The third kappa shape index (κ3) is 5.82. The number of hydrogen-bond donors (Lipinski definition) is 1. The summed E-state index contributed by atoms with van der Waals surface area (Å²) in [5, 5.41) is 3.14. The highest BCUT2D eigenvalue weighted by molar-refractivity contribution is 5.78.